The van der Waals surface area contributed by atoms with Crippen LogP contribution in [0.1, 0.15) is 54.9 Å². The Morgan fingerprint density at radius 3 is 2.47 bits per heavy atom. The molecular formula is C29H33F3N2O4. The molecule has 0 radical (unpaired) electrons. The van der Waals surface area contributed by atoms with Gasteiger partial charge in [-0.15, -0.1) is 0 Å². The van der Waals surface area contributed by atoms with Crippen molar-refractivity contribution in [1.29, 1.82) is 0 Å². The maximum absolute atomic E-state index is 13.9. The lowest BCUT2D eigenvalue weighted by Crippen LogP contribution is -2.44. The molecule has 0 spiro atoms. The van der Waals surface area contributed by atoms with Gasteiger partial charge in [0.1, 0.15) is 23.2 Å². The van der Waals surface area contributed by atoms with E-state index in [4.69, 9.17) is 4.74 Å². The standard InChI is InChI=1S/C29H33F3N2O4/c1-18-17-33-25-6-5-20(38-2)16-22(25)27(18)26(35)7-8-29(28(36)37)9-12-34(13-10-29)11-3-4-21-23(31)14-19(30)15-24(21)32/h5-6,14-17,26,35H,3-4,7-13H2,1-2H3,(H,36,37). The monoisotopic (exact) mass is 530 g/mol. The van der Waals surface area contributed by atoms with E-state index >= 15 is 0 Å². The molecule has 3 aromatic rings. The quantitative estimate of drug-likeness (QED) is 0.356. The third-order valence-electron chi connectivity index (χ3n) is 7.82. The van der Waals surface area contributed by atoms with Gasteiger partial charge in [-0.2, -0.15) is 0 Å². The Kier molecular flexibility index (Phi) is 8.57. The molecule has 2 N–H and O–H groups in total. The summed E-state index contributed by atoms with van der Waals surface area (Å²) < 4.78 is 46.3. The lowest BCUT2D eigenvalue weighted by Gasteiger charge is -2.39. The maximum Gasteiger partial charge on any atom is 0.309 e. The second-order valence-corrected chi connectivity index (χ2v) is 10.2. The zero-order valence-electron chi connectivity index (χ0n) is 21.6. The molecule has 0 saturated carbocycles. The number of carboxylic acid groups (broad SMARTS) is 1. The second-order valence-electron chi connectivity index (χ2n) is 10.2. The van der Waals surface area contributed by atoms with Crippen LogP contribution in [-0.2, 0) is 11.2 Å². The molecule has 0 amide bonds. The summed E-state index contributed by atoms with van der Waals surface area (Å²) in [5.74, 6) is -2.95. The highest BCUT2D eigenvalue weighted by molar-refractivity contribution is 5.85. The number of carbonyl (C=O) groups is 1. The molecular weight excluding hydrogens is 497 g/mol. The molecule has 4 rings (SSSR count). The van der Waals surface area contributed by atoms with Gasteiger partial charge in [-0.1, -0.05) is 0 Å². The van der Waals surface area contributed by atoms with Crippen LogP contribution in [-0.4, -0.2) is 52.8 Å². The minimum atomic E-state index is -0.957. The molecule has 9 heteroatoms. The number of aliphatic carboxylic acids is 1. The van der Waals surface area contributed by atoms with E-state index in [2.05, 4.69) is 9.88 Å². The first kappa shape index (κ1) is 27.9. The SMILES string of the molecule is COc1ccc2ncc(C)c(C(O)CCC3(C(=O)O)CCN(CCCc4c(F)cc(F)cc4F)CC3)c2c1. The summed E-state index contributed by atoms with van der Waals surface area (Å²) in [6.07, 6.45) is 2.88. The van der Waals surface area contributed by atoms with Crippen LogP contribution in [0.5, 0.6) is 5.75 Å². The van der Waals surface area contributed by atoms with Crippen molar-refractivity contribution in [3.63, 3.8) is 0 Å². The number of pyridine rings is 1. The number of rotatable bonds is 10. The molecule has 2 aromatic carbocycles. The number of hydrogen-bond donors (Lipinski definition) is 2. The second kappa shape index (κ2) is 11.7. The number of hydrogen-bond acceptors (Lipinski definition) is 5. The number of carboxylic acids is 1. The first-order valence-electron chi connectivity index (χ1n) is 12.8. The first-order valence-corrected chi connectivity index (χ1v) is 12.8. The Balaban J connectivity index is 1.37. The van der Waals surface area contributed by atoms with Gasteiger partial charge in [0.05, 0.1) is 24.1 Å². The predicted octanol–water partition coefficient (Wildman–Crippen LogP) is 5.58. The minimum absolute atomic E-state index is 0.131. The summed E-state index contributed by atoms with van der Waals surface area (Å²) in [7, 11) is 1.57. The zero-order valence-corrected chi connectivity index (χ0v) is 21.6. The number of benzene rings is 2. The van der Waals surface area contributed by atoms with E-state index in [9.17, 15) is 28.2 Å². The molecule has 204 valence electrons. The minimum Gasteiger partial charge on any atom is -0.497 e. The highest BCUT2D eigenvalue weighted by Crippen LogP contribution is 2.40. The van der Waals surface area contributed by atoms with Gasteiger partial charge in [-0.3, -0.25) is 9.78 Å². The Hall–Kier alpha value is -3.17. The van der Waals surface area contributed by atoms with Crippen molar-refractivity contribution in [3.8, 4) is 5.75 Å². The molecule has 6 nitrogen and oxygen atoms in total. The Labute approximate surface area is 220 Å². The maximum atomic E-state index is 13.9. The number of ether oxygens (including phenoxy) is 1. The van der Waals surface area contributed by atoms with Crippen molar-refractivity contribution < 1.29 is 32.9 Å². The van der Waals surface area contributed by atoms with Crippen LogP contribution >= 0.6 is 0 Å². The van der Waals surface area contributed by atoms with E-state index in [1.165, 1.54) is 0 Å². The number of aromatic nitrogens is 1. The molecule has 1 saturated heterocycles. The summed E-state index contributed by atoms with van der Waals surface area (Å²) in [4.78, 5) is 18.9. The number of nitrogens with zero attached hydrogens (tertiary/aromatic N) is 2. The summed E-state index contributed by atoms with van der Waals surface area (Å²) >= 11 is 0. The fourth-order valence-corrected chi connectivity index (χ4v) is 5.48. The molecule has 1 aromatic heterocycles. The average Bonchev–Trinajstić information content (AvgIpc) is 2.89. The van der Waals surface area contributed by atoms with E-state index in [1.54, 1.807) is 19.4 Å². The number of aliphatic hydroxyl groups is 1. The van der Waals surface area contributed by atoms with Crippen molar-refractivity contribution in [2.75, 3.05) is 26.7 Å². The van der Waals surface area contributed by atoms with Gasteiger partial charge >= 0.3 is 5.97 Å². The molecule has 1 fully saturated rings. The van der Waals surface area contributed by atoms with Crippen LogP contribution < -0.4 is 4.74 Å². The Morgan fingerprint density at radius 1 is 1.16 bits per heavy atom. The fourth-order valence-electron chi connectivity index (χ4n) is 5.48. The number of aryl methyl sites for hydroxylation is 1. The Morgan fingerprint density at radius 2 is 1.84 bits per heavy atom. The molecule has 38 heavy (non-hydrogen) atoms. The lowest BCUT2D eigenvalue weighted by molar-refractivity contribution is -0.153. The van der Waals surface area contributed by atoms with Gasteiger partial charge in [-0.25, -0.2) is 13.2 Å². The van der Waals surface area contributed by atoms with Crippen molar-refractivity contribution in [3.05, 3.63) is 70.7 Å². The number of methoxy groups -OCH3 is 1. The highest BCUT2D eigenvalue weighted by Gasteiger charge is 2.41. The largest absolute Gasteiger partial charge is 0.497 e. The van der Waals surface area contributed by atoms with E-state index in [-0.39, 0.29) is 18.4 Å². The topological polar surface area (TPSA) is 82.9 Å². The molecule has 1 aliphatic rings. The van der Waals surface area contributed by atoms with Gasteiger partial charge in [-0.05, 0) is 94.4 Å². The molecule has 0 aliphatic carbocycles. The first-order chi connectivity index (χ1) is 18.1. The van der Waals surface area contributed by atoms with Crippen LogP contribution in [0.2, 0.25) is 0 Å². The van der Waals surface area contributed by atoms with Crippen LogP contribution in [0.25, 0.3) is 10.9 Å². The molecule has 2 heterocycles. The van der Waals surface area contributed by atoms with E-state index in [0.29, 0.717) is 63.2 Å². The number of piperidine rings is 1. The van der Waals surface area contributed by atoms with E-state index in [1.807, 2.05) is 19.1 Å². The molecule has 1 unspecified atom stereocenters. The number of halogens is 3. The van der Waals surface area contributed by atoms with E-state index in [0.717, 1.165) is 22.0 Å². The van der Waals surface area contributed by atoms with Crippen molar-refractivity contribution in [1.82, 2.24) is 9.88 Å². The van der Waals surface area contributed by atoms with Crippen LogP contribution in [0.4, 0.5) is 13.2 Å². The zero-order chi connectivity index (χ0) is 27.4. The normalized spacial score (nSPS) is 16.5. The molecule has 0 bridgehead atoms. The summed E-state index contributed by atoms with van der Waals surface area (Å²) in [6.45, 7) is 3.49. The van der Waals surface area contributed by atoms with Crippen LogP contribution in [0, 0.1) is 29.8 Å². The highest BCUT2D eigenvalue weighted by atomic mass is 19.1. The number of likely N-dealkylation sites (tertiary alicyclic amines) is 1. The van der Waals surface area contributed by atoms with Crippen molar-refractivity contribution >= 4 is 16.9 Å². The smallest absolute Gasteiger partial charge is 0.309 e. The predicted molar refractivity (Wildman–Crippen MR) is 138 cm³/mol. The summed E-state index contributed by atoms with van der Waals surface area (Å²) in [5, 5.41) is 22.1. The molecule has 1 atom stereocenters. The summed E-state index contributed by atoms with van der Waals surface area (Å²) in [6, 6.07) is 6.84. The third-order valence-corrected chi connectivity index (χ3v) is 7.82. The Bertz CT molecular complexity index is 1290. The van der Waals surface area contributed by atoms with Gasteiger partial charge in [0, 0.05) is 29.3 Å². The number of fused-ring (bicyclic) bond motifs is 1. The van der Waals surface area contributed by atoms with Gasteiger partial charge < -0.3 is 19.8 Å². The average molecular weight is 531 g/mol. The van der Waals surface area contributed by atoms with Gasteiger partial charge in [0.25, 0.3) is 0 Å². The fraction of sp³-hybridized carbons (Fsp3) is 0.448. The van der Waals surface area contributed by atoms with Crippen molar-refractivity contribution in [2.24, 2.45) is 5.41 Å². The number of aliphatic hydroxyl groups excluding tert-OH is 1. The van der Waals surface area contributed by atoms with Gasteiger partial charge in [0.2, 0.25) is 0 Å². The van der Waals surface area contributed by atoms with E-state index < -0.39 is 34.9 Å². The lowest BCUT2D eigenvalue weighted by atomic mass is 9.73. The third kappa shape index (κ3) is 5.94. The molecule has 1 aliphatic heterocycles. The van der Waals surface area contributed by atoms with Crippen LogP contribution in [0.3, 0.4) is 0 Å². The van der Waals surface area contributed by atoms with Crippen LogP contribution in [0.15, 0.2) is 36.5 Å². The van der Waals surface area contributed by atoms with Gasteiger partial charge in [0.15, 0.2) is 0 Å². The summed E-state index contributed by atoms with van der Waals surface area (Å²) in [5.41, 5.74) is 1.20. The van der Waals surface area contributed by atoms with Crippen molar-refractivity contribution in [2.45, 2.75) is 51.6 Å².